The minimum Gasteiger partial charge on any atom is -0.395 e. The highest BCUT2D eigenvalue weighted by Crippen LogP contribution is 2.23. The predicted molar refractivity (Wildman–Crippen MR) is 84.0 cm³/mol. The molecule has 0 spiro atoms. The van der Waals surface area contributed by atoms with Crippen molar-refractivity contribution in [1.29, 1.82) is 0 Å². The van der Waals surface area contributed by atoms with Crippen LogP contribution in [-0.2, 0) is 6.54 Å². The number of hydrogen-bond acceptors (Lipinski definition) is 5. The highest BCUT2D eigenvalue weighted by atomic mass is 16.3. The van der Waals surface area contributed by atoms with E-state index in [9.17, 15) is 4.79 Å². The van der Waals surface area contributed by atoms with Gasteiger partial charge in [-0.05, 0) is 19.9 Å². The van der Waals surface area contributed by atoms with Gasteiger partial charge in [-0.3, -0.25) is 9.48 Å². The molecule has 3 rings (SSSR count). The maximum absolute atomic E-state index is 12.0. The van der Waals surface area contributed by atoms with E-state index in [1.54, 1.807) is 23.0 Å². The predicted octanol–water partition coefficient (Wildman–Crippen LogP) is 0.643. The molecule has 0 aromatic carbocycles. The van der Waals surface area contributed by atoms with Crippen molar-refractivity contribution in [2.75, 3.05) is 13.2 Å². The van der Waals surface area contributed by atoms with Gasteiger partial charge in [0.2, 0.25) is 0 Å². The van der Waals surface area contributed by atoms with Crippen molar-refractivity contribution >= 4 is 11.6 Å². The number of nitrogens with zero attached hydrogens (tertiary/aromatic N) is 5. The Morgan fingerprint density at radius 2 is 2.26 bits per heavy atom. The molecule has 1 amide bonds. The molecule has 0 unspecified atom stereocenters. The van der Waals surface area contributed by atoms with Crippen molar-refractivity contribution in [3.8, 4) is 11.3 Å². The van der Waals surface area contributed by atoms with E-state index in [0.29, 0.717) is 5.65 Å². The second-order valence-corrected chi connectivity index (χ2v) is 5.07. The van der Waals surface area contributed by atoms with E-state index in [1.165, 1.54) is 0 Å². The molecule has 0 aliphatic heterocycles. The van der Waals surface area contributed by atoms with Gasteiger partial charge in [0.1, 0.15) is 0 Å². The molecular formula is C15H18N6O2. The Bertz CT molecular complexity index is 851. The first kappa shape index (κ1) is 15.2. The number of carbonyl (C=O) groups excluding carboxylic acids is 1. The number of carbonyl (C=O) groups is 1. The lowest BCUT2D eigenvalue weighted by atomic mass is 10.2. The van der Waals surface area contributed by atoms with Gasteiger partial charge in [-0.25, -0.2) is 9.50 Å². The van der Waals surface area contributed by atoms with Gasteiger partial charge in [-0.2, -0.15) is 10.2 Å². The van der Waals surface area contributed by atoms with Crippen molar-refractivity contribution in [3.63, 3.8) is 0 Å². The van der Waals surface area contributed by atoms with Crippen LogP contribution in [0.15, 0.2) is 24.5 Å². The van der Waals surface area contributed by atoms with Gasteiger partial charge in [-0.15, -0.1) is 0 Å². The zero-order valence-corrected chi connectivity index (χ0v) is 13.0. The summed E-state index contributed by atoms with van der Waals surface area (Å²) in [6.45, 7) is 4.89. The van der Waals surface area contributed by atoms with Crippen molar-refractivity contribution in [2.45, 2.75) is 20.4 Å². The highest BCUT2D eigenvalue weighted by Gasteiger charge is 2.16. The average Bonchev–Trinajstić information content (AvgIpc) is 3.15. The molecule has 0 radical (unpaired) electrons. The summed E-state index contributed by atoms with van der Waals surface area (Å²) in [6, 6.07) is 3.47. The first-order chi connectivity index (χ1) is 11.2. The van der Waals surface area contributed by atoms with Crippen LogP contribution in [0.1, 0.15) is 23.1 Å². The van der Waals surface area contributed by atoms with Crippen LogP contribution in [0, 0.1) is 6.92 Å². The molecule has 0 fully saturated rings. The average molecular weight is 314 g/mol. The van der Waals surface area contributed by atoms with Crippen molar-refractivity contribution in [1.82, 2.24) is 29.7 Å². The van der Waals surface area contributed by atoms with E-state index < -0.39 is 0 Å². The summed E-state index contributed by atoms with van der Waals surface area (Å²) in [4.78, 5) is 16.2. The Hall–Kier alpha value is -2.74. The number of aromatic nitrogens is 5. The van der Waals surface area contributed by atoms with Crippen LogP contribution in [0.3, 0.4) is 0 Å². The van der Waals surface area contributed by atoms with Crippen molar-refractivity contribution < 1.29 is 9.90 Å². The number of aryl methyl sites for hydroxylation is 1. The summed E-state index contributed by atoms with van der Waals surface area (Å²) < 4.78 is 3.54. The van der Waals surface area contributed by atoms with Gasteiger partial charge in [-0.1, -0.05) is 0 Å². The zero-order chi connectivity index (χ0) is 16.4. The minimum atomic E-state index is -0.337. The summed E-state index contributed by atoms with van der Waals surface area (Å²) in [5, 5.41) is 20.1. The number of nitrogens with one attached hydrogen (secondary N) is 1. The summed E-state index contributed by atoms with van der Waals surface area (Å²) in [6.07, 6.45) is 3.48. The van der Waals surface area contributed by atoms with Crippen LogP contribution in [0.5, 0.6) is 0 Å². The monoisotopic (exact) mass is 314 g/mol. The van der Waals surface area contributed by atoms with Gasteiger partial charge in [0, 0.05) is 36.6 Å². The van der Waals surface area contributed by atoms with Crippen LogP contribution in [-0.4, -0.2) is 48.5 Å². The normalized spacial score (nSPS) is 11.1. The smallest absolute Gasteiger partial charge is 0.271 e. The third-order valence-corrected chi connectivity index (χ3v) is 3.67. The summed E-state index contributed by atoms with van der Waals surface area (Å²) in [5.74, 6) is -0.337. The Morgan fingerprint density at radius 1 is 1.43 bits per heavy atom. The lowest BCUT2D eigenvalue weighted by Gasteiger charge is -2.04. The van der Waals surface area contributed by atoms with Crippen LogP contribution < -0.4 is 5.32 Å². The first-order valence-electron chi connectivity index (χ1n) is 7.42. The molecule has 0 bridgehead atoms. The Kier molecular flexibility index (Phi) is 4.07. The van der Waals surface area contributed by atoms with E-state index in [1.807, 2.05) is 24.6 Å². The van der Waals surface area contributed by atoms with Crippen molar-refractivity contribution in [3.05, 3.63) is 35.9 Å². The molecule has 8 nitrogen and oxygen atoms in total. The van der Waals surface area contributed by atoms with Crippen LogP contribution in [0.25, 0.3) is 16.9 Å². The van der Waals surface area contributed by atoms with Gasteiger partial charge >= 0.3 is 0 Å². The third-order valence-electron chi connectivity index (χ3n) is 3.67. The zero-order valence-electron chi connectivity index (χ0n) is 13.0. The molecule has 3 heterocycles. The fourth-order valence-electron chi connectivity index (χ4n) is 2.49. The Labute approximate surface area is 132 Å². The maximum Gasteiger partial charge on any atom is 0.271 e. The Balaban J connectivity index is 2.06. The quantitative estimate of drug-likeness (QED) is 0.720. The summed E-state index contributed by atoms with van der Waals surface area (Å²) in [5.41, 5.74) is 3.65. The highest BCUT2D eigenvalue weighted by molar-refractivity contribution is 5.93. The van der Waals surface area contributed by atoms with E-state index in [0.717, 1.165) is 23.5 Å². The summed E-state index contributed by atoms with van der Waals surface area (Å²) >= 11 is 0. The topological polar surface area (TPSA) is 97.3 Å². The standard InChI is InChI=1S/C15H18N6O2/c1-3-20-10(2)11(9-18-20)13-4-5-16-14-8-12(19-21(13)14)15(23)17-6-7-22/h4-5,8-9,22H,3,6-7H2,1-2H3,(H,17,23). The van der Waals surface area contributed by atoms with E-state index in [2.05, 4.69) is 20.5 Å². The lowest BCUT2D eigenvalue weighted by Crippen LogP contribution is -2.26. The molecule has 0 aliphatic rings. The van der Waals surface area contributed by atoms with Crippen molar-refractivity contribution in [2.24, 2.45) is 0 Å². The molecule has 23 heavy (non-hydrogen) atoms. The first-order valence-corrected chi connectivity index (χ1v) is 7.42. The van der Waals surface area contributed by atoms with Crippen LogP contribution in [0.4, 0.5) is 0 Å². The van der Waals surface area contributed by atoms with Crippen LogP contribution >= 0.6 is 0 Å². The molecule has 0 saturated heterocycles. The molecule has 0 atom stereocenters. The second kappa shape index (κ2) is 6.17. The maximum atomic E-state index is 12.0. The molecule has 3 aromatic heterocycles. The second-order valence-electron chi connectivity index (χ2n) is 5.07. The van der Waals surface area contributed by atoms with E-state index in [4.69, 9.17) is 5.11 Å². The van der Waals surface area contributed by atoms with Gasteiger partial charge < -0.3 is 10.4 Å². The van der Waals surface area contributed by atoms with E-state index >= 15 is 0 Å². The SMILES string of the molecule is CCn1ncc(-c2ccnc3cc(C(=O)NCCO)nn23)c1C. The number of fused-ring (bicyclic) bond motifs is 1. The molecule has 8 heteroatoms. The molecule has 2 N–H and O–H groups in total. The van der Waals surface area contributed by atoms with Crippen LogP contribution in [0.2, 0.25) is 0 Å². The minimum absolute atomic E-state index is 0.113. The third kappa shape index (κ3) is 2.68. The largest absolute Gasteiger partial charge is 0.395 e. The number of amides is 1. The molecule has 3 aromatic rings. The molecule has 0 aliphatic carbocycles. The fraction of sp³-hybridized carbons (Fsp3) is 0.333. The number of aliphatic hydroxyl groups is 1. The lowest BCUT2D eigenvalue weighted by molar-refractivity contribution is 0.0939. The van der Waals surface area contributed by atoms with Gasteiger partial charge in [0.25, 0.3) is 5.91 Å². The molecule has 0 saturated carbocycles. The molecule has 120 valence electrons. The number of rotatable bonds is 5. The number of aliphatic hydroxyl groups excluding tert-OH is 1. The molecular weight excluding hydrogens is 296 g/mol. The Morgan fingerprint density at radius 3 is 2.96 bits per heavy atom. The van der Waals surface area contributed by atoms with Gasteiger partial charge in [0.05, 0.1) is 18.5 Å². The van der Waals surface area contributed by atoms with E-state index in [-0.39, 0.29) is 24.8 Å². The van der Waals surface area contributed by atoms with Gasteiger partial charge in [0.15, 0.2) is 11.3 Å². The summed E-state index contributed by atoms with van der Waals surface area (Å²) in [7, 11) is 0. The number of hydrogen-bond donors (Lipinski definition) is 2. The fourth-order valence-corrected chi connectivity index (χ4v) is 2.49.